The molecule has 0 aromatic carbocycles. The number of nitrogens with one attached hydrogen (secondary N) is 1. The largest absolute Gasteiger partial charge is 0.307 e. The van der Waals surface area contributed by atoms with E-state index in [1.165, 1.54) is 17.7 Å². The highest BCUT2D eigenvalue weighted by Gasteiger charge is 2.13. The smallest absolute Gasteiger partial charge is 0.0626 e. The molecule has 0 unspecified atom stereocenters. The molecular formula is C7H9N2. The van der Waals surface area contributed by atoms with Gasteiger partial charge in [0.15, 0.2) is 0 Å². The third-order valence-electron chi connectivity index (χ3n) is 1.73. The Labute approximate surface area is 54.6 Å². The summed E-state index contributed by atoms with van der Waals surface area (Å²) in [5, 5.41) is 0. The van der Waals surface area contributed by atoms with E-state index in [0.29, 0.717) is 0 Å². The molecule has 9 heavy (non-hydrogen) atoms. The molecule has 2 rings (SSSR count). The summed E-state index contributed by atoms with van der Waals surface area (Å²) in [4.78, 5) is 0. The molecule has 0 spiro atoms. The molecule has 0 saturated heterocycles. The summed E-state index contributed by atoms with van der Waals surface area (Å²) in [7, 11) is 0. The second kappa shape index (κ2) is 1.88. The number of hydrogen-bond acceptors (Lipinski definition) is 1. The Hall–Kier alpha value is -0.760. The van der Waals surface area contributed by atoms with Crippen LogP contribution in [0.3, 0.4) is 0 Å². The molecule has 47 valence electrons. The van der Waals surface area contributed by atoms with Crippen LogP contribution in [0.2, 0.25) is 0 Å². The Morgan fingerprint density at radius 3 is 3.44 bits per heavy atom. The molecule has 1 aliphatic carbocycles. The van der Waals surface area contributed by atoms with E-state index in [9.17, 15) is 0 Å². The number of nitrogens with zero attached hydrogens (tertiary/aromatic N) is 1. The van der Waals surface area contributed by atoms with Crippen molar-refractivity contribution in [2.45, 2.75) is 12.8 Å². The van der Waals surface area contributed by atoms with Crippen LogP contribution in [0.1, 0.15) is 12.8 Å². The van der Waals surface area contributed by atoms with Crippen molar-refractivity contribution in [3.63, 3.8) is 0 Å². The van der Waals surface area contributed by atoms with Gasteiger partial charge in [0.1, 0.15) is 0 Å². The van der Waals surface area contributed by atoms with Gasteiger partial charge < -0.3 is 5.43 Å². The van der Waals surface area contributed by atoms with Crippen molar-refractivity contribution in [3.05, 3.63) is 23.4 Å². The van der Waals surface area contributed by atoms with Crippen LogP contribution >= 0.6 is 0 Å². The molecule has 0 fully saturated rings. The van der Waals surface area contributed by atoms with E-state index in [1.807, 2.05) is 0 Å². The summed E-state index contributed by atoms with van der Waals surface area (Å²) in [5.41, 5.74) is 9.77. The molecule has 0 aromatic rings. The van der Waals surface area contributed by atoms with Crippen LogP contribution in [0.15, 0.2) is 23.4 Å². The molecule has 0 amide bonds. The first-order valence-electron chi connectivity index (χ1n) is 3.28. The molecule has 2 aliphatic rings. The highest BCUT2D eigenvalue weighted by Crippen LogP contribution is 2.18. The third-order valence-corrected chi connectivity index (χ3v) is 1.73. The minimum Gasteiger partial charge on any atom is -0.307 e. The van der Waals surface area contributed by atoms with Gasteiger partial charge in [-0.15, -0.1) is 5.43 Å². The monoisotopic (exact) mass is 121 g/mol. The quantitative estimate of drug-likeness (QED) is 0.502. The average molecular weight is 121 g/mol. The lowest BCUT2D eigenvalue weighted by Gasteiger charge is -2.04. The van der Waals surface area contributed by atoms with E-state index in [1.54, 1.807) is 0 Å². The van der Waals surface area contributed by atoms with E-state index in [4.69, 9.17) is 0 Å². The first kappa shape index (κ1) is 5.06. The fourth-order valence-corrected chi connectivity index (χ4v) is 1.21. The predicted octanol–water partition coefficient (Wildman–Crippen LogP) is 0.713. The molecule has 1 N–H and O–H groups in total. The lowest BCUT2D eigenvalue weighted by atomic mass is 10.1. The molecule has 0 aromatic heterocycles. The molecule has 0 bridgehead atoms. The summed E-state index contributed by atoms with van der Waals surface area (Å²) in [5.74, 6) is 0. The molecule has 1 heterocycles. The fraction of sp³-hybridized carbons (Fsp3) is 0.429. The van der Waals surface area contributed by atoms with Gasteiger partial charge in [0, 0.05) is 5.70 Å². The zero-order valence-corrected chi connectivity index (χ0v) is 5.22. The van der Waals surface area contributed by atoms with Crippen molar-refractivity contribution in [2.24, 2.45) is 0 Å². The van der Waals surface area contributed by atoms with Gasteiger partial charge >= 0.3 is 0 Å². The van der Waals surface area contributed by atoms with Gasteiger partial charge in [-0.05, 0) is 18.4 Å². The maximum Gasteiger partial charge on any atom is 0.0626 e. The van der Waals surface area contributed by atoms with Crippen LogP contribution in [-0.4, -0.2) is 6.54 Å². The van der Waals surface area contributed by atoms with Crippen LogP contribution in [0, 0.1) is 0 Å². The van der Waals surface area contributed by atoms with Gasteiger partial charge in [0.2, 0.25) is 0 Å². The lowest BCUT2D eigenvalue weighted by molar-refractivity contribution is 0.661. The van der Waals surface area contributed by atoms with Crippen molar-refractivity contribution in [3.8, 4) is 0 Å². The van der Waals surface area contributed by atoms with E-state index < -0.39 is 0 Å². The van der Waals surface area contributed by atoms with Gasteiger partial charge in [-0.3, -0.25) is 0 Å². The highest BCUT2D eigenvalue weighted by atomic mass is 15.4. The normalized spacial score (nSPS) is 24.0. The Kier molecular flexibility index (Phi) is 1.06. The van der Waals surface area contributed by atoms with E-state index >= 15 is 0 Å². The summed E-state index contributed by atoms with van der Waals surface area (Å²) >= 11 is 0. The van der Waals surface area contributed by atoms with E-state index in [0.717, 1.165) is 13.0 Å². The van der Waals surface area contributed by atoms with Crippen LogP contribution in [0.5, 0.6) is 0 Å². The zero-order chi connectivity index (χ0) is 6.10. The fourth-order valence-electron chi connectivity index (χ4n) is 1.21. The lowest BCUT2D eigenvalue weighted by Crippen LogP contribution is -2.15. The Bertz CT molecular complexity index is 179. The SMILES string of the molecule is C1=CC2=C(CC1)N[N]C2. The second-order valence-corrected chi connectivity index (χ2v) is 2.37. The highest BCUT2D eigenvalue weighted by molar-refractivity contribution is 5.31. The average Bonchev–Trinajstić information content (AvgIpc) is 2.33. The predicted molar refractivity (Wildman–Crippen MR) is 35.5 cm³/mol. The van der Waals surface area contributed by atoms with E-state index in [-0.39, 0.29) is 0 Å². The molecule has 2 heteroatoms. The van der Waals surface area contributed by atoms with Gasteiger partial charge in [0.05, 0.1) is 6.54 Å². The maximum absolute atomic E-state index is 4.05. The zero-order valence-electron chi connectivity index (χ0n) is 5.22. The van der Waals surface area contributed by atoms with Crippen LogP contribution in [0.4, 0.5) is 0 Å². The van der Waals surface area contributed by atoms with Crippen molar-refractivity contribution in [1.29, 1.82) is 0 Å². The molecule has 0 saturated carbocycles. The Morgan fingerprint density at radius 1 is 1.56 bits per heavy atom. The van der Waals surface area contributed by atoms with Crippen molar-refractivity contribution >= 4 is 0 Å². The first-order valence-corrected chi connectivity index (χ1v) is 3.28. The molecular weight excluding hydrogens is 112 g/mol. The summed E-state index contributed by atoms with van der Waals surface area (Å²) in [6, 6.07) is 0. The summed E-state index contributed by atoms with van der Waals surface area (Å²) in [6.07, 6.45) is 6.69. The summed E-state index contributed by atoms with van der Waals surface area (Å²) < 4.78 is 0. The van der Waals surface area contributed by atoms with Gasteiger partial charge in [-0.2, -0.15) is 0 Å². The van der Waals surface area contributed by atoms with Gasteiger partial charge in [-0.1, -0.05) is 12.2 Å². The number of hydrogen-bond donors (Lipinski definition) is 1. The molecule has 1 aliphatic heterocycles. The van der Waals surface area contributed by atoms with Crippen molar-refractivity contribution < 1.29 is 0 Å². The summed E-state index contributed by atoms with van der Waals surface area (Å²) in [6.45, 7) is 0.867. The second-order valence-electron chi connectivity index (χ2n) is 2.37. The minimum atomic E-state index is 0.867. The van der Waals surface area contributed by atoms with Gasteiger partial charge in [-0.25, -0.2) is 0 Å². The van der Waals surface area contributed by atoms with Crippen LogP contribution in [0.25, 0.3) is 0 Å². The standard InChI is InChI=1S/C7H9N2/c1-2-4-7-6(3-1)5-8-9-7/h1,3,9H,2,4-5H2. The minimum absolute atomic E-state index is 0.867. The maximum atomic E-state index is 4.05. The van der Waals surface area contributed by atoms with Crippen LogP contribution in [-0.2, 0) is 0 Å². The number of rotatable bonds is 0. The van der Waals surface area contributed by atoms with Gasteiger partial charge in [0.25, 0.3) is 0 Å². The first-order chi connectivity index (χ1) is 4.47. The Balaban J connectivity index is 2.28. The topological polar surface area (TPSA) is 26.1 Å². The Morgan fingerprint density at radius 2 is 2.56 bits per heavy atom. The molecule has 0 atom stereocenters. The molecule has 1 radical (unpaired) electrons. The number of allylic oxidation sites excluding steroid dienone is 2. The third kappa shape index (κ3) is 0.754. The molecule has 2 nitrogen and oxygen atoms in total. The van der Waals surface area contributed by atoms with Crippen molar-refractivity contribution in [1.82, 2.24) is 10.9 Å². The van der Waals surface area contributed by atoms with Crippen LogP contribution < -0.4 is 10.9 Å². The van der Waals surface area contributed by atoms with E-state index in [2.05, 4.69) is 23.0 Å². The van der Waals surface area contributed by atoms with Crippen molar-refractivity contribution in [2.75, 3.05) is 6.54 Å².